The Labute approximate surface area is 86.8 Å². The topological polar surface area (TPSA) is 37.3 Å². The van der Waals surface area contributed by atoms with E-state index in [-0.39, 0.29) is 0 Å². The number of benzene rings is 2. The molecule has 0 fully saturated rings. The van der Waals surface area contributed by atoms with Crippen molar-refractivity contribution in [3.8, 4) is 22.3 Å². The lowest BCUT2D eigenvalue weighted by atomic mass is 9.80. The first kappa shape index (κ1) is 8.24. The van der Waals surface area contributed by atoms with E-state index in [9.17, 15) is 4.79 Å². The number of rotatable bonds is 1. The summed E-state index contributed by atoms with van der Waals surface area (Å²) in [4.78, 5) is 10.8. The Morgan fingerprint density at radius 1 is 0.867 bits per heavy atom. The van der Waals surface area contributed by atoms with Crippen LogP contribution in [-0.2, 0) is 0 Å². The van der Waals surface area contributed by atoms with Crippen LogP contribution in [0.4, 0.5) is 0 Å². The van der Waals surface area contributed by atoms with Crippen molar-refractivity contribution in [3.05, 3.63) is 48.0 Å². The highest BCUT2D eigenvalue weighted by molar-refractivity contribution is 6.04. The van der Waals surface area contributed by atoms with E-state index in [1.165, 1.54) is 5.56 Å². The molecule has 72 valence electrons. The number of carboxylic acid groups (broad SMARTS) is 1. The molecule has 0 saturated carbocycles. The SMILES string of the molecule is O=C(O)c1ccc2c(c1)-c1ccccc1-2. The van der Waals surface area contributed by atoms with Crippen LogP contribution in [0.25, 0.3) is 22.3 Å². The second-order valence-corrected chi connectivity index (χ2v) is 3.61. The molecule has 3 rings (SSSR count). The molecule has 2 aromatic rings. The lowest BCUT2D eigenvalue weighted by Crippen LogP contribution is -2.02. The van der Waals surface area contributed by atoms with E-state index >= 15 is 0 Å². The third-order valence-corrected chi connectivity index (χ3v) is 2.77. The Hall–Kier alpha value is -2.09. The van der Waals surface area contributed by atoms with Gasteiger partial charge in [-0.2, -0.15) is 0 Å². The number of carboxylic acids is 1. The predicted octanol–water partition coefficient (Wildman–Crippen LogP) is 3.03. The Balaban J connectivity index is 2.19. The number of carbonyl (C=O) groups is 1. The molecule has 1 N–H and O–H groups in total. The van der Waals surface area contributed by atoms with Crippen LogP contribution in [0.15, 0.2) is 42.5 Å². The molecular formula is C13H8O2. The van der Waals surface area contributed by atoms with Gasteiger partial charge < -0.3 is 5.11 Å². The molecule has 0 amide bonds. The van der Waals surface area contributed by atoms with Gasteiger partial charge >= 0.3 is 5.97 Å². The minimum Gasteiger partial charge on any atom is -0.478 e. The number of hydrogen-bond donors (Lipinski definition) is 1. The average Bonchev–Trinajstić information content (AvgIpc) is 2.25. The molecule has 0 atom stereocenters. The van der Waals surface area contributed by atoms with Gasteiger partial charge in [0, 0.05) is 0 Å². The van der Waals surface area contributed by atoms with Gasteiger partial charge in [-0.1, -0.05) is 30.3 Å². The van der Waals surface area contributed by atoms with Crippen molar-refractivity contribution in [2.75, 3.05) is 0 Å². The van der Waals surface area contributed by atoms with Gasteiger partial charge in [-0.3, -0.25) is 0 Å². The van der Waals surface area contributed by atoms with Crippen LogP contribution in [0.1, 0.15) is 10.4 Å². The smallest absolute Gasteiger partial charge is 0.335 e. The summed E-state index contributed by atoms with van der Waals surface area (Å²) in [5.74, 6) is -0.873. The highest BCUT2D eigenvalue weighted by Crippen LogP contribution is 2.46. The Bertz CT molecular complexity index is 570. The van der Waals surface area contributed by atoms with E-state index in [2.05, 4.69) is 6.07 Å². The van der Waals surface area contributed by atoms with Crippen LogP contribution in [0.5, 0.6) is 0 Å². The van der Waals surface area contributed by atoms with Gasteiger partial charge in [0.05, 0.1) is 5.56 Å². The monoisotopic (exact) mass is 196 g/mol. The maximum absolute atomic E-state index is 10.8. The first-order chi connectivity index (χ1) is 7.27. The van der Waals surface area contributed by atoms with Crippen LogP contribution in [0.2, 0.25) is 0 Å². The van der Waals surface area contributed by atoms with Crippen molar-refractivity contribution in [3.63, 3.8) is 0 Å². The fraction of sp³-hybridized carbons (Fsp3) is 0. The standard InChI is InChI=1S/C13H8O2/c14-13(15)8-5-6-11-9-3-1-2-4-10(9)12(11)7-8/h1-7H,(H,14,15). The van der Waals surface area contributed by atoms with E-state index in [0.29, 0.717) is 5.56 Å². The van der Waals surface area contributed by atoms with E-state index in [4.69, 9.17) is 5.11 Å². The molecule has 2 aromatic carbocycles. The molecular weight excluding hydrogens is 188 g/mol. The van der Waals surface area contributed by atoms with Gasteiger partial charge in [0.1, 0.15) is 0 Å². The molecule has 0 heterocycles. The maximum Gasteiger partial charge on any atom is 0.335 e. The zero-order valence-electron chi connectivity index (χ0n) is 7.90. The first-order valence-corrected chi connectivity index (χ1v) is 4.74. The van der Waals surface area contributed by atoms with E-state index in [1.54, 1.807) is 12.1 Å². The van der Waals surface area contributed by atoms with Gasteiger partial charge in [0.2, 0.25) is 0 Å². The Kier molecular flexibility index (Phi) is 1.48. The summed E-state index contributed by atoms with van der Waals surface area (Å²) >= 11 is 0. The molecule has 1 aliphatic carbocycles. The van der Waals surface area contributed by atoms with Gasteiger partial charge in [-0.15, -0.1) is 0 Å². The predicted molar refractivity (Wildman–Crippen MR) is 57.8 cm³/mol. The van der Waals surface area contributed by atoms with Gasteiger partial charge in [-0.25, -0.2) is 4.79 Å². The van der Waals surface area contributed by atoms with Crippen LogP contribution in [-0.4, -0.2) is 11.1 Å². The second kappa shape index (κ2) is 2.70. The van der Waals surface area contributed by atoms with E-state index in [1.807, 2.05) is 24.3 Å². The first-order valence-electron chi connectivity index (χ1n) is 4.74. The van der Waals surface area contributed by atoms with Gasteiger partial charge in [0.15, 0.2) is 0 Å². The van der Waals surface area contributed by atoms with Gasteiger partial charge in [0.25, 0.3) is 0 Å². The summed E-state index contributed by atoms with van der Waals surface area (Å²) < 4.78 is 0. The quantitative estimate of drug-likeness (QED) is 0.649. The summed E-state index contributed by atoms with van der Waals surface area (Å²) in [6.07, 6.45) is 0. The van der Waals surface area contributed by atoms with Crippen LogP contribution in [0, 0.1) is 0 Å². The van der Waals surface area contributed by atoms with Crippen molar-refractivity contribution in [1.82, 2.24) is 0 Å². The molecule has 0 spiro atoms. The van der Waals surface area contributed by atoms with Crippen molar-refractivity contribution >= 4 is 5.97 Å². The molecule has 0 radical (unpaired) electrons. The lowest BCUT2D eigenvalue weighted by Gasteiger charge is -2.23. The molecule has 0 bridgehead atoms. The number of hydrogen-bond acceptors (Lipinski definition) is 1. The van der Waals surface area contributed by atoms with Crippen molar-refractivity contribution < 1.29 is 9.90 Å². The third kappa shape index (κ3) is 1.02. The van der Waals surface area contributed by atoms with E-state index in [0.717, 1.165) is 16.7 Å². The van der Waals surface area contributed by atoms with Crippen molar-refractivity contribution in [2.45, 2.75) is 0 Å². The summed E-state index contributed by atoms with van der Waals surface area (Å²) in [6.45, 7) is 0. The maximum atomic E-state index is 10.8. The van der Waals surface area contributed by atoms with E-state index < -0.39 is 5.97 Å². The van der Waals surface area contributed by atoms with Crippen molar-refractivity contribution in [1.29, 1.82) is 0 Å². The zero-order chi connectivity index (χ0) is 10.4. The van der Waals surface area contributed by atoms with Crippen LogP contribution >= 0.6 is 0 Å². The summed E-state index contributed by atoms with van der Waals surface area (Å²) in [7, 11) is 0. The summed E-state index contributed by atoms with van der Waals surface area (Å²) in [5.41, 5.74) is 4.91. The molecule has 2 nitrogen and oxygen atoms in total. The largest absolute Gasteiger partial charge is 0.478 e. The third-order valence-electron chi connectivity index (χ3n) is 2.77. The highest BCUT2D eigenvalue weighted by Gasteiger charge is 2.22. The Morgan fingerprint density at radius 3 is 2.13 bits per heavy atom. The normalized spacial score (nSPS) is 11.2. The lowest BCUT2D eigenvalue weighted by molar-refractivity contribution is 0.0697. The molecule has 15 heavy (non-hydrogen) atoms. The van der Waals surface area contributed by atoms with Crippen LogP contribution < -0.4 is 0 Å². The van der Waals surface area contributed by atoms with Crippen molar-refractivity contribution in [2.24, 2.45) is 0 Å². The number of fused-ring (bicyclic) bond motifs is 4. The molecule has 0 aromatic heterocycles. The summed E-state index contributed by atoms with van der Waals surface area (Å²) in [5, 5.41) is 8.87. The van der Waals surface area contributed by atoms with Crippen LogP contribution in [0.3, 0.4) is 0 Å². The van der Waals surface area contributed by atoms with Gasteiger partial charge in [-0.05, 0) is 34.4 Å². The molecule has 2 heteroatoms. The minimum absolute atomic E-state index is 0.350. The molecule has 0 aliphatic heterocycles. The Morgan fingerprint density at radius 2 is 1.47 bits per heavy atom. The molecule has 0 saturated heterocycles. The summed E-state index contributed by atoms with van der Waals surface area (Å²) in [6, 6.07) is 13.3. The average molecular weight is 196 g/mol. The second-order valence-electron chi connectivity index (χ2n) is 3.61. The number of aromatic carboxylic acids is 1. The molecule has 1 aliphatic rings. The fourth-order valence-electron chi connectivity index (χ4n) is 2.03. The highest BCUT2D eigenvalue weighted by atomic mass is 16.4. The molecule has 0 unspecified atom stereocenters. The minimum atomic E-state index is -0.873. The fourth-order valence-corrected chi connectivity index (χ4v) is 2.03. The zero-order valence-corrected chi connectivity index (χ0v) is 7.90.